The number of aliphatic hydroxyl groups excluding tert-OH is 1. The van der Waals surface area contributed by atoms with Crippen LogP contribution in [0.2, 0.25) is 0 Å². The molecule has 8 heteroatoms. The van der Waals surface area contributed by atoms with Gasteiger partial charge in [-0.15, -0.1) is 0 Å². The van der Waals surface area contributed by atoms with Crippen LogP contribution in [0, 0.1) is 17.7 Å². The first-order chi connectivity index (χ1) is 16.6. The lowest BCUT2D eigenvalue weighted by Gasteiger charge is -2.38. The van der Waals surface area contributed by atoms with Crippen molar-refractivity contribution in [3.05, 3.63) is 47.5 Å². The monoisotopic (exact) mass is 470 g/mol. The molecule has 1 N–H and O–H groups in total. The van der Waals surface area contributed by atoms with Gasteiger partial charge in [0.2, 0.25) is 11.9 Å². The predicted molar refractivity (Wildman–Crippen MR) is 128 cm³/mol. The Labute approximate surface area is 201 Å². The average molecular weight is 471 g/mol. The lowest BCUT2D eigenvalue weighted by molar-refractivity contribution is -0.137. The molecular weight excluding hydrogens is 435 g/mol. The van der Waals surface area contributed by atoms with Crippen LogP contribution < -0.4 is 9.64 Å². The molecule has 0 spiro atoms. The van der Waals surface area contributed by atoms with Gasteiger partial charge in [0.15, 0.2) is 0 Å². The molecule has 4 rings (SSSR count). The fraction of sp³-hybridized carbons (Fsp3) is 0.577. The van der Waals surface area contributed by atoms with E-state index in [1.807, 2.05) is 12.4 Å². The Morgan fingerprint density at radius 3 is 2.56 bits per heavy atom. The minimum Gasteiger partial charge on any atom is -0.493 e. The second-order valence-electron chi connectivity index (χ2n) is 9.44. The van der Waals surface area contributed by atoms with E-state index in [1.165, 1.54) is 6.07 Å². The zero-order chi connectivity index (χ0) is 23.9. The summed E-state index contributed by atoms with van der Waals surface area (Å²) in [6.45, 7) is 5.79. The van der Waals surface area contributed by atoms with Crippen LogP contribution in [0.25, 0.3) is 0 Å². The van der Waals surface area contributed by atoms with E-state index in [4.69, 9.17) is 9.84 Å². The third-order valence-electron chi connectivity index (χ3n) is 6.96. The lowest BCUT2D eigenvalue weighted by atomic mass is 9.92. The molecule has 2 saturated heterocycles. The molecule has 0 atom stereocenters. The lowest BCUT2D eigenvalue weighted by Crippen LogP contribution is -2.51. The number of likely N-dealkylation sites (tertiary alicyclic amines) is 1. The first kappa shape index (κ1) is 24.4. The van der Waals surface area contributed by atoms with Crippen molar-refractivity contribution in [2.75, 3.05) is 44.3 Å². The van der Waals surface area contributed by atoms with Gasteiger partial charge in [0.05, 0.1) is 13.0 Å². The van der Waals surface area contributed by atoms with E-state index >= 15 is 0 Å². The van der Waals surface area contributed by atoms with Crippen molar-refractivity contribution in [2.24, 2.45) is 11.8 Å². The summed E-state index contributed by atoms with van der Waals surface area (Å²) in [5.41, 5.74) is 1.54. The second kappa shape index (κ2) is 11.6. The Kier molecular flexibility index (Phi) is 8.32. The van der Waals surface area contributed by atoms with Crippen molar-refractivity contribution < 1.29 is 19.0 Å². The summed E-state index contributed by atoms with van der Waals surface area (Å²) in [5, 5.41) is 9.06. The first-order valence-electron chi connectivity index (χ1n) is 12.4. The summed E-state index contributed by atoms with van der Waals surface area (Å²) in [4.78, 5) is 25.1. The van der Waals surface area contributed by atoms with E-state index < -0.39 is 5.82 Å². The van der Waals surface area contributed by atoms with Crippen molar-refractivity contribution in [3.8, 4) is 5.75 Å². The number of halogens is 1. The topological polar surface area (TPSA) is 78.8 Å². The quantitative estimate of drug-likeness (QED) is 0.537. The zero-order valence-corrected chi connectivity index (χ0v) is 20.0. The van der Waals surface area contributed by atoms with E-state index in [1.54, 1.807) is 17.0 Å². The number of aliphatic hydroxyl groups is 1. The number of carbonyl (C=O) groups excluding carboxylic acids is 1. The number of amides is 1. The maximum Gasteiger partial charge on any atom is 0.227 e. The van der Waals surface area contributed by atoms with E-state index in [0.29, 0.717) is 36.9 Å². The summed E-state index contributed by atoms with van der Waals surface area (Å²) in [5.74, 6) is 1.63. The number of ether oxygens (including phenoxy) is 1. The Bertz CT molecular complexity index is 942. The number of hydrogen-bond acceptors (Lipinski definition) is 6. The molecule has 1 aromatic carbocycles. The fourth-order valence-corrected chi connectivity index (χ4v) is 4.60. The Morgan fingerprint density at radius 2 is 1.91 bits per heavy atom. The third kappa shape index (κ3) is 6.23. The summed E-state index contributed by atoms with van der Waals surface area (Å²) in [6, 6.07) is 4.74. The summed E-state index contributed by atoms with van der Waals surface area (Å²) >= 11 is 0. The van der Waals surface area contributed by atoms with Crippen LogP contribution >= 0.6 is 0 Å². The highest BCUT2D eigenvalue weighted by Crippen LogP contribution is 2.25. The molecule has 3 heterocycles. The number of nitrogens with zero attached hydrogens (tertiary/aromatic N) is 4. The highest BCUT2D eigenvalue weighted by atomic mass is 19.1. The average Bonchev–Trinajstić information content (AvgIpc) is 2.83. The standard InChI is InChI=1S/C26H35FN4O3/c1-2-19-14-28-26(29-15-19)30-9-7-20(8-10-30)4-3-11-34-23-6-5-22(24(27)13-23)12-25(33)31-16-21(17-31)18-32/h5-6,13-15,20-21,32H,2-4,7-12,16-18H2,1H3. The Balaban J connectivity index is 1.14. The minimum absolute atomic E-state index is 0.0384. The van der Waals surface area contributed by atoms with Gasteiger partial charge in [0.25, 0.3) is 0 Å². The number of anilines is 1. The van der Waals surface area contributed by atoms with Crippen molar-refractivity contribution in [1.82, 2.24) is 14.9 Å². The van der Waals surface area contributed by atoms with Crippen LogP contribution in [-0.2, 0) is 17.6 Å². The van der Waals surface area contributed by atoms with Gasteiger partial charge in [0, 0.05) is 57.2 Å². The minimum atomic E-state index is -0.411. The van der Waals surface area contributed by atoms with Gasteiger partial charge < -0.3 is 19.6 Å². The van der Waals surface area contributed by atoms with E-state index in [0.717, 1.165) is 56.7 Å². The summed E-state index contributed by atoms with van der Waals surface area (Å²) in [7, 11) is 0. The molecule has 0 unspecified atom stereocenters. The molecule has 2 aliphatic rings. The number of aryl methyl sites for hydroxylation is 1. The van der Waals surface area contributed by atoms with Crippen LogP contribution in [0.5, 0.6) is 5.75 Å². The number of aromatic nitrogens is 2. The van der Waals surface area contributed by atoms with Gasteiger partial charge in [-0.1, -0.05) is 13.0 Å². The number of carbonyl (C=O) groups is 1. The summed E-state index contributed by atoms with van der Waals surface area (Å²) in [6.07, 6.45) is 9.07. The van der Waals surface area contributed by atoms with Crippen molar-refractivity contribution in [3.63, 3.8) is 0 Å². The molecule has 184 valence electrons. The highest BCUT2D eigenvalue weighted by Gasteiger charge is 2.30. The fourth-order valence-electron chi connectivity index (χ4n) is 4.60. The maximum atomic E-state index is 14.5. The van der Waals surface area contributed by atoms with Gasteiger partial charge >= 0.3 is 0 Å². The SMILES string of the molecule is CCc1cnc(N2CCC(CCCOc3ccc(CC(=O)N4CC(CO)C4)c(F)c3)CC2)nc1. The molecule has 2 aromatic rings. The molecular formula is C26H35FN4O3. The predicted octanol–water partition coefficient (Wildman–Crippen LogP) is 3.25. The molecule has 0 saturated carbocycles. The van der Waals surface area contributed by atoms with Gasteiger partial charge in [-0.3, -0.25) is 4.79 Å². The van der Waals surface area contributed by atoms with Gasteiger partial charge in [-0.25, -0.2) is 14.4 Å². The van der Waals surface area contributed by atoms with Crippen LogP contribution in [0.1, 0.15) is 43.7 Å². The molecule has 34 heavy (non-hydrogen) atoms. The maximum absolute atomic E-state index is 14.5. The molecule has 2 aliphatic heterocycles. The van der Waals surface area contributed by atoms with Gasteiger partial charge in [0.1, 0.15) is 11.6 Å². The number of benzene rings is 1. The zero-order valence-electron chi connectivity index (χ0n) is 20.0. The normalized spacial score (nSPS) is 17.0. The van der Waals surface area contributed by atoms with Crippen LogP contribution in [0.4, 0.5) is 10.3 Å². The summed E-state index contributed by atoms with van der Waals surface area (Å²) < 4.78 is 20.2. The number of rotatable bonds is 10. The highest BCUT2D eigenvalue weighted by molar-refractivity contribution is 5.79. The number of piperidine rings is 1. The molecule has 7 nitrogen and oxygen atoms in total. The number of hydrogen-bond donors (Lipinski definition) is 1. The van der Waals surface area contributed by atoms with Crippen LogP contribution in [-0.4, -0.2) is 65.3 Å². The smallest absolute Gasteiger partial charge is 0.227 e. The Morgan fingerprint density at radius 1 is 1.18 bits per heavy atom. The Hall–Kier alpha value is -2.74. The van der Waals surface area contributed by atoms with Crippen molar-refractivity contribution >= 4 is 11.9 Å². The van der Waals surface area contributed by atoms with Crippen LogP contribution in [0.3, 0.4) is 0 Å². The van der Waals surface area contributed by atoms with Gasteiger partial charge in [-0.05, 0) is 55.2 Å². The second-order valence-corrected chi connectivity index (χ2v) is 9.44. The van der Waals surface area contributed by atoms with E-state index in [2.05, 4.69) is 21.8 Å². The largest absolute Gasteiger partial charge is 0.493 e. The molecule has 1 amide bonds. The van der Waals surface area contributed by atoms with Crippen LogP contribution in [0.15, 0.2) is 30.6 Å². The molecule has 2 fully saturated rings. The molecule has 1 aromatic heterocycles. The van der Waals surface area contributed by atoms with E-state index in [-0.39, 0.29) is 24.9 Å². The molecule has 0 aliphatic carbocycles. The third-order valence-corrected chi connectivity index (χ3v) is 6.96. The van der Waals surface area contributed by atoms with Gasteiger partial charge in [-0.2, -0.15) is 0 Å². The van der Waals surface area contributed by atoms with E-state index in [9.17, 15) is 9.18 Å². The van der Waals surface area contributed by atoms with Crippen molar-refractivity contribution in [2.45, 2.75) is 45.4 Å². The van der Waals surface area contributed by atoms with Crippen molar-refractivity contribution in [1.29, 1.82) is 0 Å². The molecule has 0 bridgehead atoms. The first-order valence-corrected chi connectivity index (χ1v) is 12.4. The molecule has 0 radical (unpaired) electrons.